The van der Waals surface area contributed by atoms with Crippen LogP contribution < -0.4 is 0 Å². The number of hydrogen-bond acceptors (Lipinski definition) is 1. The van der Waals surface area contributed by atoms with Gasteiger partial charge in [-0.1, -0.05) is 36.4 Å². The summed E-state index contributed by atoms with van der Waals surface area (Å²) in [5.41, 5.74) is 2.25. The van der Waals surface area contributed by atoms with Crippen molar-refractivity contribution >= 4 is 23.6 Å². The van der Waals surface area contributed by atoms with Crippen molar-refractivity contribution in [1.29, 1.82) is 0 Å². The number of carbonyl (C=O) groups is 1. The molecule has 1 aromatic rings. The number of halogens is 1. The maximum Gasteiger partial charge on any atom is 0.243 e. The Morgan fingerprint density at radius 1 is 1.38 bits per heavy atom. The predicted octanol–water partition coefficient (Wildman–Crippen LogP) is 2.54. The van der Waals surface area contributed by atoms with E-state index in [0.29, 0.717) is 0 Å². The smallest absolute Gasteiger partial charge is 0.243 e. The maximum atomic E-state index is 11.3. The van der Waals surface area contributed by atoms with Crippen molar-refractivity contribution in [3.8, 4) is 0 Å². The van der Waals surface area contributed by atoms with Crippen molar-refractivity contribution in [3.05, 3.63) is 41.5 Å². The molecule has 2 atom stereocenters. The number of β-lactam (4-membered cyclic amide) rings is 1. The van der Waals surface area contributed by atoms with Crippen LogP contribution in [0, 0.1) is 0 Å². The largest absolute Gasteiger partial charge is 0.336 e. The molecule has 1 aromatic carbocycles. The molecule has 16 heavy (non-hydrogen) atoms. The molecule has 1 amide bonds. The van der Waals surface area contributed by atoms with Crippen molar-refractivity contribution in [3.63, 3.8) is 0 Å². The number of rotatable bonds is 2. The minimum absolute atomic E-state index is 0.00692. The number of carbonyl (C=O) groups excluding carboxylic acids is 1. The number of likely N-dealkylation sites (tertiary alicyclic amines) is 1. The second-order valence-electron chi connectivity index (χ2n) is 4.09. The molecule has 0 saturated carbocycles. The van der Waals surface area contributed by atoms with Gasteiger partial charge in [0, 0.05) is 7.05 Å². The normalized spacial score (nSPS) is 25.6. The van der Waals surface area contributed by atoms with Crippen LogP contribution in [-0.4, -0.2) is 29.3 Å². The first-order chi connectivity index (χ1) is 7.61. The Balaban J connectivity index is 2.17. The maximum absolute atomic E-state index is 11.3. The zero-order valence-electron chi connectivity index (χ0n) is 9.35. The van der Waals surface area contributed by atoms with Crippen LogP contribution >= 0.6 is 11.6 Å². The third-order valence-electron chi connectivity index (χ3n) is 2.94. The van der Waals surface area contributed by atoms with Gasteiger partial charge in [0.1, 0.15) is 5.38 Å². The third-order valence-corrected chi connectivity index (χ3v) is 3.36. The van der Waals surface area contributed by atoms with Gasteiger partial charge in [0.2, 0.25) is 5.91 Å². The van der Waals surface area contributed by atoms with Gasteiger partial charge in [-0.25, -0.2) is 0 Å². The highest BCUT2D eigenvalue weighted by atomic mass is 35.5. The lowest BCUT2D eigenvalue weighted by molar-refractivity contribution is -0.140. The Morgan fingerprint density at radius 3 is 2.56 bits per heavy atom. The molecule has 0 aromatic heterocycles. The first-order valence-electron chi connectivity index (χ1n) is 5.25. The van der Waals surface area contributed by atoms with E-state index in [4.69, 9.17) is 11.6 Å². The number of benzene rings is 1. The molecule has 0 aliphatic carbocycles. The number of nitrogens with zero attached hydrogens (tertiary/aromatic N) is 1. The molecule has 0 radical (unpaired) electrons. The van der Waals surface area contributed by atoms with E-state index in [1.807, 2.05) is 37.3 Å². The molecule has 1 heterocycles. The Labute approximate surface area is 101 Å². The highest BCUT2D eigenvalue weighted by Crippen LogP contribution is 2.29. The highest BCUT2D eigenvalue weighted by Gasteiger charge is 2.44. The Hall–Kier alpha value is -1.28. The summed E-state index contributed by atoms with van der Waals surface area (Å²) < 4.78 is 0. The lowest BCUT2D eigenvalue weighted by Gasteiger charge is -2.42. The van der Waals surface area contributed by atoms with Crippen molar-refractivity contribution in [2.24, 2.45) is 0 Å². The molecule has 0 N–H and O–H groups in total. The molecule has 2 nitrogen and oxygen atoms in total. The first kappa shape index (κ1) is 11.2. The number of hydrogen-bond donors (Lipinski definition) is 0. The predicted molar refractivity (Wildman–Crippen MR) is 66.3 cm³/mol. The second kappa shape index (κ2) is 4.30. The zero-order chi connectivity index (χ0) is 11.7. The quantitative estimate of drug-likeness (QED) is 0.570. The van der Waals surface area contributed by atoms with E-state index in [0.717, 1.165) is 11.1 Å². The van der Waals surface area contributed by atoms with Gasteiger partial charge in [0.05, 0.1) is 6.04 Å². The van der Waals surface area contributed by atoms with Crippen LogP contribution in [-0.2, 0) is 4.79 Å². The monoisotopic (exact) mass is 235 g/mol. The fourth-order valence-corrected chi connectivity index (χ4v) is 2.54. The van der Waals surface area contributed by atoms with E-state index in [-0.39, 0.29) is 11.9 Å². The molecule has 0 spiro atoms. The van der Waals surface area contributed by atoms with Gasteiger partial charge >= 0.3 is 0 Å². The summed E-state index contributed by atoms with van der Waals surface area (Å²) in [6.45, 7) is 2.01. The Bertz CT molecular complexity index is 415. The Morgan fingerprint density at radius 2 is 2.00 bits per heavy atom. The van der Waals surface area contributed by atoms with E-state index >= 15 is 0 Å². The van der Waals surface area contributed by atoms with E-state index in [2.05, 4.69) is 6.08 Å². The third kappa shape index (κ3) is 1.85. The van der Waals surface area contributed by atoms with E-state index in [1.54, 1.807) is 11.9 Å². The summed E-state index contributed by atoms with van der Waals surface area (Å²) in [5.74, 6) is 0.00692. The summed E-state index contributed by atoms with van der Waals surface area (Å²) >= 11 is 5.99. The van der Waals surface area contributed by atoms with Crippen molar-refractivity contribution in [1.82, 2.24) is 4.90 Å². The van der Waals surface area contributed by atoms with E-state index < -0.39 is 5.38 Å². The average Bonchev–Trinajstić information content (AvgIpc) is 2.30. The fraction of sp³-hybridized carbons (Fsp3) is 0.308. The van der Waals surface area contributed by atoms with Gasteiger partial charge in [-0.15, -0.1) is 11.6 Å². The van der Waals surface area contributed by atoms with Crippen molar-refractivity contribution < 1.29 is 4.79 Å². The molecule has 1 aliphatic heterocycles. The first-order valence-corrected chi connectivity index (χ1v) is 5.69. The molecule has 1 saturated heterocycles. The van der Waals surface area contributed by atoms with Crippen LogP contribution in [0.1, 0.15) is 12.5 Å². The number of likely N-dealkylation sites (N-methyl/N-ethyl adjacent to an activating group) is 1. The number of alkyl halides is 1. The van der Waals surface area contributed by atoms with Gasteiger partial charge in [-0.05, 0) is 18.1 Å². The molecule has 1 fully saturated rings. The molecular weight excluding hydrogens is 222 g/mol. The minimum atomic E-state index is -0.398. The van der Waals surface area contributed by atoms with Gasteiger partial charge in [0.15, 0.2) is 0 Å². The Kier molecular flexibility index (Phi) is 3.01. The number of amides is 1. The highest BCUT2D eigenvalue weighted by molar-refractivity contribution is 6.34. The van der Waals surface area contributed by atoms with Crippen LogP contribution in [0.25, 0.3) is 6.08 Å². The molecular formula is C13H14ClNO. The summed E-state index contributed by atoms with van der Waals surface area (Å²) in [5, 5.41) is -0.398. The van der Waals surface area contributed by atoms with Crippen LogP contribution in [0.5, 0.6) is 0 Å². The van der Waals surface area contributed by atoms with Crippen LogP contribution in [0.4, 0.5) is 0 Å². The van der Waals surface area contributed by atoms with Crippen molar-refractivity contribution in [2.45, 2.75) is 18.3 Å². The van der Waals surface area contributed by atoms with Gasteiger partial charge in [-0.3, -0.25) is 4.79 Å². The van der Waals surface area contributed by atoms with E-state index in [9.17, 15) is 4.79 Å². The topological polar surface area (TPSA) is 20.3 Å². The van der Waals surface area contributed by atoms with Crippen LogP contribution in [0.2, 0.25) is 0 Å². The van der Waals surface area contributed by atoms with Crippen LogP contribution in [0.15, 0.2) is 35.9 Å². The fourth-order valence-electron chi connectivity index (χ4n) is 2.01. The van der Waals surface area contributed by atoms with E-state index in [1.165, 1.54) is 0 Å². The molecule has 0 bridgehead atoms. The summed E-state index contributed by atoms with van der Waals surface area (Å²) in [7, 11) is 1.79. The lowest BCUT2D eigenvalue weighted by atomic mass is 9.93. The summed E-state index contributed by atoms with van der Waals surface area (Å²) in [6, 6.07) is 10.1. The minimum Gasteiger partial charge on any atom is -0.336 e. The second-order valence-corrected chi connectivity index (χ2v) is 4.56. The summed E-state index contributed by atoms with van der Waals surface area (Å²) in [6.07, 6.45) is 2.07. The molecule has 0 unspecified atom stereocenters. The van der Waals surface area contributed by atoms with Gasteiger partial charge in [-0.2, -0.15) is 0 Å². The van der Waals surface area contributed by atoms with Crippen LogP contribution in [0.3, 0.4) is 0 Å². The summed E-state index contributed by atoms with van der Waals surface area (Å²) in [4.78, 5) is 13.0. The van der Waals surface area contributed by atoms with Gasteiger partial charge < -0.3 is 4.90 Å². The zero-order valence-corrected chi connectivity index (χ0v) is 10.1. The van der Waals surface area contributed by atoms with Gasteiger partial charge in [0.25, 0.3) is 0 Å². The standard InChI is InChI=1S/C13H14ClNO/c1-9(8-10-6-4-3-5-7-10)12-11(14)13(16)15(12)2/h3-8,11-12H,1-2H3/b9-8+/t11-,12+/m0/s1. The molecule has 84 valence electrons. The van der Waals surface area contributed by atoms with Crippen molar-refractivity contribution in [2.75, 3.05) is 7.05 Å². The SMILES string of the molecule is C/C(=C\c1ccccc1)[C@@H]1[C@H](Cl)C(=O)N1C. The average molecular weight is 236 g/mol. The molecule has 3 heteroatoms. The molecule has 1 aliphatic rings. The lowest BCUT2D eigenvalue weighted by Crippen LogP contribution is -2.60. The molecule has 2 rings (SSSR count).